The van der Waals surface area contributed by atoms with Crippen molar-refractivity contribution in [2.75, 3.05) is 13.1 Å². The van der Waals surface area contributed by atoms with Crippen LogP contribution < -0.4 is 0 Å². The fourth-order valence-corrected chi connectivity index (χ4v) is 4.74. The van der Waals surface area contributed by atoms with Gasteiger partial charge in [0.25, 0.3) is 0 Å². The van der Waals surface area contributed by atoms with Crippen LogP contribution in [-0.2, 0) is 0 Å². The molecule has 0 saturated carbocycles. The first-order valence-electron chi connectivity index (χ1n) is 11.2. The van der Waals surface area contributed by atoms with Crippen molar-refractivity contribution in [3.63, 3.8) is 0 Å². The topological polar surface area (TPSA) is 3.24 Å². The van der Waals surface area contributed by atoms with E-state index in [1.165, 1.54) is 44.5 Å². The average Bonchev–Trinajstić information content (AvgIpc) is 2.50. The summed E-state index contributed by atoms with van der Waals surface area (Å²) in [6.45, 7) is 30.8. The van der Waals surface area contributed by atoms with Crippen molar-refractivity contribution >= 4 is 12.6 Å². The van der Waals surface area contributed by atoms with E-state index in [9.17, 15) is 0 Å². The number of thiol groups is 1. The van der Waals surface area contributed by atoms with Crippen LogP contribution in [0.15, 0.2) is 12.3 Å². The van der Waals surface area contributed by atoms with Crippen LogP contribution in [-0.4, -0.2) is 22.7 Å². The molecule has 1 rings (SSSR count). The van der Waals surface area contributed by atoms with E-state index >= 15 is 0 Å². The Morgan fingerprint density at radius 1 is 0.889 bits per heavy atom. The molecule has 0 amide bonds. The maximum Gasteiger partial charge on any atom is 0.0235 e. The molecule has 0 aromatic rings. The van der Waals surface area contributed by atoms with Crippen molar-refractivity contribution in [3.05, 3.63) is 12.3 Å². The second kappa shape index (κ2) is 8.72. The van der Waals surface area contributed by atoms with Crippen LogP contribution in [0.3, 0.4) is 0 Å². The Kier molecular flexibility index (Phi) is 8.05. The Hall–Kier alpha value is -0.110. The molecule has 27 heavy (non-hydrogen) atoms. The van der Waals surface area contributed by atoms with Gasteiger partial charge in [-0.3, -0.25) is 0 Å². The minimum absolute atomic E-state index is 0.103. The third-order valence-corrected chi connectivity index (χ3v) is 8.24. The molecule has 1 nitrogen and oxygen atoms in total. The lowest BCUT2D eigenvalue weighted by Gasteiger charge is -2.52. The molecule has 1 fully saturated rings. The van der Waals surface area contributed by atoms with E-state index in [1.807, 2.05) is 0 Å². The normalized spacial score (nSPS) is 21.5. The Labute approximate surface area is 177 Å². The molecule has 0 N–H and O–H groups in total. The van der Waals surface area contributed by atoms with Crippen LogP contribution in [0.2, 0.25) is 0 Å². The second-order valence-corrected chi connectivity index (χ2v) is 13.3. The molecule has 0 aromatic carbocycles. The zero-order valence-corrected chi connectivity index (χ0v) is 21.1. The van der Waals surface area contributed by atoms with Crippen LogP contribution in [0, 0.1) is 28.1 Å². The van der Waals surface area contributed by atoms with E-state index in [2.05, 4.69) is 80.7 Å². The number of nitrogens with zero attached hydrogens (tertiary/aromatic N) is 1. The molecular weight excluding hydrogens is 346 g/mol. The molecular formula is C25H49NS. The van der Waals surface area contributed by atoms with Gasteiger partial charge >= 0.3 is 0 Å². The summed E-state index contributed by atoms with van der Waals surface area (Å²) < 4.78 is -0.103. The van der Waals surface area contributed by atoms with Crippen molar-refractivity contribution in [1.82, 2.24) is 4.90 Å². The zero-order chi connectivity index (χ0) is 21.3. The summed E-state index contributed by atoms with van der Waals surface area (Å²) in [5, 5.41) is 0. The molecule has 1 aliphatic heterocycles. The van der Waals surface area contributed by atoms with Crippen LogP contribution in [0.5, 0.6) is 0 Å². The standard InChI is InChI=1S/C25H49NS/c1-19(23(6,7)8)17-24(9,10)25(11,27)21(18-22(3,4)5)20(2)26-15-13-12-14-16-26/h19,21,27H,2,12-18H2,1,3-11H3. The number of hydrogen-bond acceptors (Lipinski definition) is 2. The molecule has 3 unspecified atom stereocenters. The average molecular weight is 396 g/mol. The van der Waals surface area contributed by atoms with E-state index in [1.54, 1.807) is 0 Å². The lowest BCUT2D eigenvalue weighted by molar-refractivity contribution is 0.0931. The lowest BCUT2D eigenvalue weighted by Crippen LogP contribution is -2.49. The van der Waals surface area contributed by atoms with Gasteiger partial charge in [-0.1, -0.05) is 68.9 Å². The van der Waals surface area contributed by atoms with Crippen molar-refractivity contribution in [1.29, 1.82) is 0 Å². The Balaban J connectivity index is 3.17. The van der Waals surface area contributed by atoms with Gasteiger partial charge in [-0.25, -0.2) is 0 Å². The molecule has 1 aliphatic rings. The first kappa shape index (κ1) is 24.9. The molecule has 1 heterocycles. The van der Waals surface area contributed by atoms with E-state index in [4.69, 9.17) is 12.6 Å². The van der Waals surface area contributed by atoms with Gasteiger partial charge in [0.15, 0.2) is 0 Å². The van der Waals surface area contributed by atoms with Gasteiger partial charge in [0, 0.05) is 29.5 Å². The van der Waals surface area contributed by atoms with Gasteiger partial charge in [0.1, 0.15) is 0 Å². The predicted octanol–water partition coefficient (Wildman–Crippen LogP) is 7.83. The summed E-state index contributed by atoms with van der Waals surface area (Å²) in [5.41, 5.74) is 2.04. The number of piperidine rings is 1. The molecule has 0 aliphatic carbocycles. The van der Waals surface area contributed by atoms with Crippen molar-refractivity contribution in [2.24, 2.45) is 28.1 Å². The van der Waals surface area contributed by atoms with Gasteiger partial charge in [-0.15, -0.1) is 0 Å². The van der Waals surface area contributed by atoms with Crippen LogP contribution >= 0.6 is 12.6 Å². The summed E-state index contributed by atoms with van der Waals surface area (Å²) >= 11 is 5.42. The summed E-state index contributed by atoms with van der Waals surface area (Å²) in [6.07, 6.45) is 6.28. The minimum Gasteiger partial charge on any atom is -0.375 e. The zero-order valence-electron chi connectivity index (χ0n) is 20.2. The molecule has 0 bridgehead atoms. The largest absolute Gasteiger partial charge is 0.375 e. The predicted molar refractivity (Wildman–Crippen MR) is 127 cm³/mol. The minimum atomic E-state index is -0.103. The second-order valence-electron chi connectivity index (χ2n) is 12.4. The van der Waals surface area contributed by atoms with Crippen molar-refractivity contribution in [2.45, 2.75) is 106 Å². The molecule has 3 atom stereocenters. The maximum absolute atomic E-state index is 5.42. The van der Waals surface area contributed by atoms with E-state index < -0.39 is 0 Å². The first-order valence-corrected chi connectivity index (χ1v) is 11.6. The Morgan fingerprint density at radius 3 is 1.78 bits per heavy atom. The third-order valence-electron chi connectivity index (χ3n) is 7.32. The van der Waals surface area contributed by atoms with Gasteiger partial charge in [0.05, 0.1) is 0 Å². The Morgan fingerprint density at radius 2 is 1.37 bits per heavy atom. The fourth-order valence-electron chi connectivity index (χ4n) is 4.40. The molecule has 0 radical (unpaired) electrons. The van der Waals surface area contributed by atoms with E-state index in [-0.39, 0.29) is 15.6 Å². The summed E-state index contributed by atoms with van der Waals surface area (Å²) in [5.74, 6) is 1.04. The number of hydrogen-bond donors (Lipinski definition) is 1. The van der Waals surface area contributed by atoms with Crippen LogP contribution in [0.25, 0.3) is 0 Å². The SMILES string of the molecule is C=C(C(CC(C)(C)C)C(C)(S)C(C)(C)CC(C)C(C)(C)C)N1CCCCC1. The summed E-state index contributed by atoms with van der Waals surface area (Å²) in [7, 11) is 0. The highest BCUT2D eigenvalue weighted by Crippen LogP contribution is 2.53. The third kappa shape index (κ3) is 6.72. The quantitative estimate of drug-likeness (QED) is 0.430. The van der Waals surface area contributed by atoms with Gasteiger partial charge in [-0.05, 0) is 61.2 Å². The van der Waals surface area contributed by atoms with Crippen molar-refractivity contribution < 1.29 is 0 Å². The molecule has 2 heteroatoms. The lowest BCUT2D eigenvalue weighted by atomic mass is 9.61. The highest BCUT2D eigenvalue weighted by atomic mass is 32.1. The molecule has 0 spiro atoms. The molecule has 160 valence electrons. The first-order chi connectivity index (χ1) is 12.0. The monoisotopic (exact) mass is 395 g/mol. The van der Waals surface area contributed by atoms with Gasteiger partial charge < -0.3 is 4.90 Å². The van der Waals surface area contributed by atoms with Crippen LogP contribution in [0.1, 0.15) is 101 Å². The van der Waals surface area contributed by atoms with Gasteiger partial charge in [-0.2, -0.15) is 12.6 Å². The summed E-state index contributed by atoms with van der Waals surface area (Å²) in [6, 6.07) is 0. The summed E-state index contributed by atoms with van der Waals surface area (Å²) in [4.78, 5) is 2.57. The van der Waals surface area contributed by atoms with Gasteiger partial charge in [0.2, 0.25) is 0 Å². The molecule has 1 saturated heterocycles. The number of rotatable bonds is 7. The Bertz CT molecular complexity index is 483. The highest BCUT2D eigenvalue weighted by molar-refractivity contribution is 7.81. The van der Waals surface area contributed by atoms with Crippen LogP contribution in [0.4, 0.5) is 0 Å². The smallest absolute Gasteiger partial charge is 0.0235 e. The van der Waals surface area contributed by atoms with Crippen molar-refractivity contribution in [3.8, 4) is 0 Å². The molecule has 0 aromatic heterocycles. The number of allylic oxidation sites excluding steroid dienone is 1. The number of likely N-dealkylation sites (tertiary alicyclic amines) is 1. The van der Waals surface area contributed by atoms with E-state index in [0.717, 1.165) is 6.42 Å². The highest BCUT2D eigenvalue weighted by Gasteiger charge is 2.48. The maximum atomic E-state index is 5.42. The van der Waals surface area contributed by atoms with E-state index in [0.29, 0.717) is 17.3 Å². The fraction of sp³-hybridized carbons (Fsp3) is 0.920.